The van der Waals surface area contributed by atoms with Crippen molar-refractivity contribution in [1.29, 1.82) is 0 Å². The second-order valence-corrected chi connectivity index (χ2v) is 5.50. The first-order valence-corrected chi connectivity index (χ1v) is 7.70. The van der Waals surface area contributed by atoms with Crippen LogP contribution in [-0.2, 0) is 14.3 Å². The Bertz CT molecular complexity index is 289. The molecule has 0 aromatic carbocycles. The Labute approximate surface area is 121 Å². The van der Waals surface area contributed by atoms with Crippen molar-refractivity contribution in [2.24, 2.45) is 5.92 Å². The van der Waals surface area contributed by atoms with Crippen LogP contribution >= 0.6 is 0 Å². The second-order valence-electron chi connectivity index (χ2n) is 5.50. The summed E-state index contributed by atoms with van der Waals surface area (Å²) in [4.78, 5) is 25.6. The molecule has 0 aromatic heterocycles. The number of unbranched alkanes of at least 4 members (excludes halogenated alkanes) is 2. The lowest BCUT2D eigenvalue weighted by Crippen LogP contribution is -2.42. The second kappa shape index (κ2) is 8.82. The first kappa shape index (κ1) is 16.8. The Hall–Kier alpha value is -1.26. The van der Waals surface area contributed by atoms with E-state index in [4.69, 9.17) is 9.47 Å². The van der Waals surface area contributed by atoms with Gasteiger partial charge >= 0.3 is 12.1 Å². The zero-order valence-electron chi connectivity index (χ0n) is 12.9. The van der Waals surface area contributed by atoms with E-state index in [1.54, 1.807) is 0 Å². The third kappa shape index (κ3) is 5.02. The van der Waals surface area contributed by atoms with E-state index in [1.807, 2.05) is 20.8 Å². The van der Waals surface area contributed by atoms with Crippen LogP contribution in [-0.4, -0.2) is 42.8 Å². The Kier molecular flexibility index (Phi) is 7.41. The van der Waals surface area contributed by atoms with E-state index in [0.29, 0.717) is 32.1 Å². The fraction of sp³-hybridized carbons (Fsp3) is 0.867. The van der Waals surface area contributed by atoms with E-state index in [-0.39, 0.29) is 12.1 Å². The van der Waals surface area contributed by atoms with Crippen LogP contribution in [0, 0.1) is 5.92 Å². The maximum atomic E-state index is 12.0. The van der Waals surface area contributed by atoms with E-state index in [9.17, 15) is 9.59 Å². The fourth-order valence-electron chi connectivity index (χ4n) is 2.27. The number of ether oxygens (including phenoxy) is 2. The van der Waals surface area contributed by atoms with Crippen molar-refractivity contribution >= 4 is 12.1 Å². The number of hydrogen-bond acceptors (Lipinski definition) is 4. The van der Waals surface area contributed by atoms with Gasteiger partial charge in [0.1, 0.15) is 6.04 Å². The Morgan fingerprint density at radius 2 is 1.70 bits per heavy atom. The van der Waals surface area contributed by atoms with Crippen LogP contribution in [0.1, 0.15) is 52.9 Å². The highest BCUT2D eigenvalue weighted by atomic mass is 16.6. The minimum absolute atomic E-state index is 0.296. The molecule has 1 aliphatic heterocycles. The molecule has 1 saturated heterocycles. The number of amides is 1. The molecule has 2 atom stereocenters. The predicted octanol–water partition coefficient (Wildman–Crippen LogP) is 2.98. The van der Waals surface area contributed by atoms with Crippen molar-refractivity contribution < 1.29 is 19.1 Å². The van der Waals surface area contributed by atoms with Crippen molar-refractivity contribution in [3.05, 3.63) is 0 Å². The number of carbonyl (C=O) groups is 2. The Morgan fingerprint density at radius 1 is 1.10 bits per heavy atom. The topological polar surface area (TPSA) is 55.8 Å². The Balaban J connectivity index is 2.49. The van der Waals surface area contributed by atoms with E-state index in [2.05, 4.69) is 0 Å². The molecule has 5 heteroatoms. The van der Waals surface area contributed by atoms with Crippen LogP contribution in [0.15, 0.2) is 0 Å². The van der Waals surface area contributed by atoms with Crippen LogP contribution in [0.25, 0.3) is 0 Å². The van der Waals surface area contributed by atoms with E-state index in [0.717, 1.165) is 25.7 Å². The number of hydrogen-bond donors (Lipinski definition) is 0. The normalized spacial score (nSPS) is 21.9. The van der Waals surface area contributed by atoms with Gasteiger partial charge in [-0.3, -0.25) is 4.90 Å². The Morgan fingerprint density at radius 3 is 2.30 bits per heavy atom. The summed E-state index contributed by atoms with van der Waals surface area (Å²) in [5.41, 5.74) is 0. The molecule has 0 bridgehead atoms. The zero-order valence-corrected chi connectivity index (χ0v) is 12.9. The monoisotopic (exact) mass is 285 g/mol. The van der Waals surface area contributed by atoms with Gasteiger partial charge in [-0.1, -0.05) is 33.6 Å². The van der Waals surface area contributed by atoms with Crippen molar-refractivity contribution in [3.63, 3.8) is 0 Å². The minimum atomic E-state index is -0.476. The summed E-state index contributed by atoms with van der Waals surface area (Å²) >= 11 is 0. The summed E-state index contributed by atoms with van der Waals surface area (Å²) in [7, 11) is 0. The van der Waals surface area contributed by atoms with E-state index in [1.165, 1.54) is 4.90 Å². The van der Waals surface area contributed by atoms with Gasteiger partial charge in [0.2, 0.25) is 0 Å². The fourth-order valence-corrected chi connectivity index (χ4v) is 2.27. The van der Waals surface area contributed by atoms with Crippen LogP contribution < -0.4 is 0 Å². The smallest absolute Gasteiger partial charge is 0.410 e. The summed E-state index contributed by atoms with van der Waals surface area (Å²) < 4.78 is 10.4. The van der Waals surface area contributed by atoms with Crippen molar-refractivity contribution in [3.8, 4) is 0 Å². The average Bonchev–Trinajstić information content (AvgIpc) is 2.81. The summed E-state index contributed by atoms with van der Waals surface area (Å²) in [5.74, 6) is 0.00712. The van der Waals surface area contributed by atoms with Gasteiger partial charge in [0, 0.05) is 6.54 Å². The molecule has 2 unspecified atom stereocenters. The summed E-state index contributed by atoms with van der Waals surface area (Å²) in [6.07, 6.45) is 3.94. The number of rotatable bonds is 7. The van der Waals surface area contributed by atoms with Gasteiger partial charge in [0.15, 0.2) is 0 Å². The maximum Gasteiger partial charge on any atom is 0.410 e. The molecule has 1 fully saturated rings. The predicted molar refractivity (Wildman–Crippen MR) is 76.4 cm³/mol. The molecule has 5 nitrogen and oxygen atoms in total. The molecule has 0 saturated carbocycles. The summed E-state index contributed by atoms with van der Waals surface area (Å²) in [6.45, 7) is 7.53. The highest BCUT2D eigenvalue weighted by Crippen LogP contribution is 2.24. The molecule has 20 heavy (non-hydrogen) atoms. The van der Waals surface area contributed by atoms with E-state index < -0.39 is 6.04 Å². The maximum absolute atomic E-state index is 12.0. The van der Waals surface area contributed by atoms with Crippen LogP contribution in [0.5, 0.6) is 0 Å². The average molecular weight is 285 g/mol. The van der Waals surface area contributed by atoms with Gasteiger partial charge in [-0.05, 0) is 25.2 Å². The largest absolute Gasteiger partial charge is 0.464 e. The van der Waals surface area contributed by atoms with Crippen LogP contribution in [0.3, 0.4) is 0 Å². The molecular weight excluding hydrogens is 258 g/mol. The highest BCUT2D eigenvalue weighted by molar-refractivity contribution is 5.82. The highest BCUT2D eigenvalue weighted by Gasteiger charge is 2.39. The molecule has 0 aromatic rings. The van der Waals surface area contributed by atoms with Crippen molar-refractivity contribution in [1.82, 2.24) is 4.90 Å². The number of nitrogens with zero attached hydrogens (tertiary/aromatic N) is 1. The standard InChI is InChI=1S/C15H27NO4/c1-4-6-8-19-14(17)13-10-12(3)11-16(13)15(18)20-9-7-5-2/h12-13H,4-11H2,1-3H3. The van der Waals surface area contributed by atoms with Crippen LogP contribution in [0.2, 0.25) is 0 Å². The van der Waals surface area contributed by atoms with Gasteiger partial charge in [0.25, 0.3) is 0 Å². The van der Waals surface area contributed by atoms with E-state index >= 15 is 0 Å². The molecule has 0 radical (unpaired) electrons. The lowest BCUT2D eigenvalue weighted by molar-refractivity contribution is -0.148. The zero-order chi connectivity index (χ0) is 15.0. The van der Waals surface area contributed by atoms with Crippen molar-refractivity contribution in [2.45, 2.75) is 58.9 Å². The molecule has 0 spiro atoms. The molecule has 1 amide bonds. The van der Waals surface area contributed by atoms with Gasteiger partial charge in [-0.2, -0.15) is 0 Å². The third-order valence-corrected chi connectivity index (χ3v) is 3.48. The summed E-state index contributed by atoms with van der Waals surface area (Å²) in [5, 5.41) is 0. The molecule has 116 valence electrons. The molecule has 0 aliphatic carbocycles. The first-order chi connectivity index (χ1) is 9.60. The molecule has 1 rings (SSSR count). The lowest BCUT2D eigenvalue weighted by atomic mass is 10.1. The van der Waals surface area contributed by atoms with Gasteiger partial charge in [-0.15, -0.1) is 0 Å². The number of carbonyl (C=O) groups excluding carboxylic acids is 2. The molecule has 1 aliphatic rings. The lowest BCUT2D eigenvalue weighted by Gasteiger charge is -2.22. The van der Waals surface area contributed by atoms with Crippen molar-refractivity contribution in [2.75, 3.05) is 19.8 Å². The molecule has 1 heterocycles. The number of esters is 1. The molecule has 0 N–H and O–H groups in total. The third-order valence-electron chi connectivity index (χ3n) is 3.48. The quantitative estimate of drug-likeness (QED) is 0.533. The SMILES string of the molecule is CCCCOC(=O)C1CC(C)CN1C(=O)OCCCC. The van der Waals surface area contributed by atoms with Gasteiger partial charge in [0.05, 0.1) is 13.2 Å². The molecular formula is C15H27NO4. The number of likely N-dealkylation sites (tertiary alicyclic amines) is 1. The van der Waals surface area contributed by atoms with Gasteiger partial charge < -0.3 is 9.47 Å². The summed E-state index contributed by atoms with van der Waals surface area (Å²) in [6, 6.07) is -0.476. The van der Waals surface area contributed by atoms with Crippen LogP contribution in [0.4, 0.5) is 4.79 Å². The van der Waals surface area contributed by atoms with Gasteiger partial charge in [-0.25, -0.2) is 9.59 Å². The first-order valence-electron chi connectivity index (χ1n) is 7.70. The minimum Gasteiger partial charge on any atom is -0.464 e.